The van der Waals surface area contributed by atoms with Crippen LogP contribution < -0.4 is 10.5 Å². The van der Waals surface area contributed by atoms with E-state index in [1.165, 1.54) is 12.0 Å². The average Bonchev–Trinajstić information content (AvgIpc) is 3.73. The van der Waals surface area contributed by atoms with E-state index in [1.807, 2.05) is 37.3 Å². The minimum Gasteiger partial charge on any atom is -0.465 e. The molecule has 214 valence electrons. The summed E-state index contributed by atoms with van der Waals surface area (Å²) in [6.45, 7) is 2.53. The molecule has 0 fully saturated rings. The molecule has 0 spiro atoms. The number of ether oxygens (including phenoxy) is 1. The van der Waals surface area contributed by atoms with E-state index in [9.17, 15) is 14.7 Å². The van der Waals surface area contributed by atoms with E-state index < -0.39 is 6.09 Å². The van der Waals surface area contributed by atoms with Gasteiger partial charge in [-0.15, -0.1) is 5.10 Å². The monoisotopic (exact) mass is 585 g/mol. The van der Waals surface area contributed by atoms with E-state index in [2.05, 4.69) is 26.3 Å². The molecule has 2 N–H and O–H groups in total. The van der Waals surface area contributed by atoms with Gasteiger partial charge in [-0.25, -0.2) is 14.5 Å². The minimum atomic E-state index is -1.04. The van der Waals surface area contributed by atoms with Crippen LogP contribution in [0.15, 0.2) is 71.8 Å². The number of hydrogen-bond acceptors (Lipinski definition) is 6. The number of carboxylic acid groups (broad SMARTS) is 1. The number of aromatic nitrogens is 6. The van der Waals surface area contributed by atoms with Gasteiger partial charge < -0.3 is 19.4 Å². The lowest BCUT2D eigenvalue weighted by Gasteiger charge is -2.19. The summed E-state index contributed by atoms with van der Waals surface area (Å²) in [5.41, 5.74) is 6.52. The number of halogens is 1. The first-order valence-corrected chi connectivity index (χ1v) is 13.8. The number of imidazole rings is 1. The molecule has 3 aromatic heterocycles. The largest absolute Gasteiger partial charge is 0.465 e. The van der Waals surface area contributed by atoms with Gasteiger partial charge in [-0.1, -0.05) is 40.6 Å². The van der Waals surface area contributed by atoms with E-state index in [-0.39, 0.29) is 23.3 Å². The number of aryl methyl sites for hydroxylation is 2. The van der Waals surface area contributed by atoms with Gasteiger partial charge in [-0.2, -0.15) is 0 Å². The maximum Gasteiger partial charge on any atom is 0.411 e. The fraction of sp³-hybridized carbons (Fsp3) is 0.233. The maximum absolute atomic E-state index is 13.5. The topological polar surface area (TPSA) is 131 Å². The normalized spacial score (nSPS) is 14.2. The van der Waals surface area contributed by atoms with Crippen LogP contribution in [0.25, 0.3) is 28.1 Å². The van der Waals surface area contributed by atoms with E-state index in [0.717, 1.165) is 52.2 Å². The first-order valence-electron chi connectivity index (χ1n) is 13.4. The molecule has 5 aromatic rings. The van der Waals surface area contributed by atoms with Gasteiger partial charge >= 0.3 is 6.09 Å². The van der Waals surface area contributed by atoms with Crippen LogP contribution in [0.3, 0.4) is 0 Å². The molecular formula is C30H28ClN7O4. The smallest absolute Gasteiger partial charge is 0.411 e. The van der Waals surface area contributed by atoms with Gasteiger partial charge in [-0.3, -0.25) is 9.69 Å². The molecule has 11 nitrogen and oxygen atoms in total. The van der Waals surface area contributed by atoms with Crippen LogP contribution >= 0.6 is 11.6 Å². The fourth-order valence-electron chi connectivity index (χ4n) is 5.44. The third kappa shape index (κ3) is 5.19. The Balaban J connectivity index is 1.28. The van der Waals surface area contributed by atoms with Crippen molar-refractivity contribution in [2.75, 3.05) is 25.2 Å². The van der Waals surface area contributed by atoms with Crippen molar-refractivity contribution in [2.24, 2.45) is 0 Å². The lowest BCUT2D eigenvalue weighted by Crippen LogP contribution is -2.32. The number of methoxy groups -OCH3 is 1. The van der Waals surface area contributed by atoms with Gasteiger partial charge in [0.05, 0.1) is 43.0 Å². The number of benzene rings is 2. The lowest BCUT2D eigenvalue weighted by atomic mass is 10.0. The van der Waals surface area contributed by atoms with Crippen LogP contribution in [-0.4, -0.2) is 61.0 Å². The first-order chi connectivity index (χ1) is 20.3. The molecule has 0 saturated heterocycles. The molecule has 0 unspecified atom stereocenters. The number of pyridine rings is 1. The minimum absolute atomic E-state index is 0.110. The Morgan fingerprint density at radius 2 is 1.98 bits per heavy atom. The molecule has 1 atom stereocenters. The van der Waals surface area contributed by atoms with Crippen molar-refractivity contribution < 1.29 is 14.6 Å². The molecule has 6 rings (SSSR count). The van der Waals surface area contributed by atoms with Crippen molar-refractivity contribution in [3.8, 4) is 28.1 Å². The zero-order valence-corrected chi connectivity index (χ0v) is 23.7. The highest BCUT2D eigenvalue weighted by atomic mass is 35.5. The summed E-state index contributed by atoms with van der Waals surface area (Å²) in [6.07, 6.45) is 3.79. The molecule has 0 saturated carbocycles. The van der Waals surface area contributed by atoms with Crippen LogP contribution in [0.4, 0.5) is 10.5 Å². The summed E-state index contributed by atoms with van der Waals surface area (Å²) >= 11 is 6.02. The first kappa shape index (κ1) is 27.4. The molecule has 1 aliphatic heterocycles. The third-order valence-electron chi connectivity index (χ3n) is 7.46. The summed E-state index contributed by atoms with van der Waals surface area (Å²) in [7, 11) is 1.53. The fourth-order valence-corrected chi connectivity index (χ4v) is 5.57. The van der Waals surface area contributed by atoms with E-state index in [0.29, 0.717) is 18.1 Å². The van der Waals surface area contributed by atoms with Crippen LogP contribution in [0, 0.1) is 6.92 Å². The Kier molecular flexibility index (Phi) is 7.36. The van der Waals surface area contributed by atoms with Crippen molar-refractivity contribution in [3.05, 3.63) is 99.6 Å². The number of carbonyl (C=O) groups is 1. The summed E-state index contributed by atoms with van der Waals surface area (Å²) in [4.78, 5) is 34.4. The van der Waals surface area contributed by atoms with Crippen molar-refractivity contribution in [1.29, 1.82) is 0 Å². The molecule has 4 heterocycles. The molecule has 1 aliphatic rings. The number of nitrogens with one attached hydrogen (secondary N) is 1. The number of nitrogens with zero attached hydrogens (tertiary/aromatic N) is 6. The number of amides is 1. The number of fused-ring (bicyclic) bond motifs is 1. The Morgan fingerprint density at radius 3 is 2.69 bits per heavy atom. The number of anilines is 1. The van der Waals surface area contributed by atoms with Crippen molar-refractivity contribution >= 4 is 23.4 Å². The van der Waals surface area contributed by atoms with Gasteiger partial charge in [0.1, 0.15) is 5.82 Å². The van der Waals surface area contributed by atoms with Gasteiger partial charge in [0.2, 0.25) is 0 Å². The van der Waals surface area contributed by atoms with E-state index >= 15 is 0 Å². The predicted molar refractivity (Wildman–Crippen MR) is 159 cm³/mol. The van der Waals surface area contributed by atoms with Crippen LogP contribution in [0.2, 0.25) is 5.15 Å². The molecular weight excluding hydrogens is 558 g/mol. The van der Waals surface area contributed by atoms with Gasteiger partial charge in [0, 0.05) is 30.1 Å². The van der Waals surface area contributed by atoms with Crippen LogP contribution in [-0.2, 0) is 11.2 Å². The molecule has 0 radical (unpaired) electrons. The Morgan fingerprint density at radius 1 is 1.17 bits per heavy atom. The predicted octanol–water partition coefficient (Wildman–Crippen LogP) is 5.11. The van der Waals surface area contributed by atoms with Crippen LogP contribution in [0.1, 0.15) is 29.5 Å². The van der Waals surface area contributed by atoms with Crippen molar-refractivity contribution in [3.63, 3.8) is 0 Å². The van der Waals surface area contributed by atoms with Crippen molar-refractivity contribution in [2.45, 2.75) is 25.8 Å². The second-order valence-corrected chi connectivity index (χ2v) is 10.5. The zero-order chi connectivity index (χ0) is 29.4. The molecule has 12 heteroatoms. The highest BCUT2D eigenvalue weighted by Gasteiger charge is 2.28. The molecule has 2 aromatic carbocycles. The molecule has 0 bridgehead atoms. The van der Waals surface area contributed by atoms with E-state index in [4.69, 9.17) is 16.3 Å². The summed E-state index contributed by atoms with van der Waals surface area (Å²) in [5.74, 6) is 0.698. The second kappa shape index (κ2) is 11.3. The quantitative estimate of drug-likeness (QED) is 0.258. The summed E-state index contributed by atoms with van der Waals surface area (Å²) < 4.78 is 8.44. The number of hydrogen-bond donors (Lipinski definition) is 2. The lowest BCUT2D eigenvalue weighted by molar-refractivity contribution is 0.186. The highest BCUT2D eigenvalue weighted by Crippen LogP contribution is 2.34. The highest BCUT2D eigenvalue weighted by molar-refractivity contribution is 6.29. The number of rotatable bonds is 8. The third-order valence-corrected chi connectivity index (χ3v) is 7.63. The molecule has 0 aliphatic carbocycles. The van der Waals surface area contributed by atoms with Crippen molar-refractivity contribution in [1.82, 2.24) is 29.5 Å². The van der Waals surface area contributed by atoms with Gasteiger partial charge in [-0.05, 0) is 61.2 Å². The van der Waals surface area contributed by atoms with Crippen LogP contribution in [0.5, 0.6) is 0 Å². The Hall–Kier alpha value is -4.74. The zero-order valence-electron chi connectivity index (χ0n) is 23.0. The Labute approximate surface area is 246 Å². The number of H-pyrrole nitrogens is 1. The summed E-state index contributed by atoms with van der Waals surface area (Å²) in [6, 6.07) is 16.6. The Bertz CT molecular complexity index is 1830. The van der Waals surface area contributed by atoms with Gasteiger partial charge in [0.15, 0.2) is 5.15 Å². The number of aromatic amines is 1. The van der Waals surface area contributed by atoms with E-state index in [1.54, 1.807) is 39.8 Å². The molecule has 1 amide bonds. The SMILES string of the molecule is COCCN(C(=O)O)c1ccc(-c2cnc([C@@H]3CCc4cc(-c5cc(C)ccc5-n5cc(Cl)nn5)cc(=O)n43)[nH]2)cc1. The summed E-state index contributed by atoms with van der Waals surface area (Å²) in [5, 5.41) is 17.8. The maximum atomic E-state index is 13.5. The van der Waals surface area contributed by atoms with Gasteiger partial charge in [0.25, 0.3) is 5.56 Å². The standard InChI is InChI=1S/C30H28ClN7O4/c1-18-3-9-25(37-17-27(31)34-35-37)23(13-18)20-14-22-8-10-26(38(22)28(39)15-20)29-32-16-24(33-29)19-4-6-21(7-5-19)36(30(40)41)11-12-42-2/h3-7,9,13-17,26H,8,10-12H2,1-2H3,(H,32,33)(H,40,41)/t26-/m0/s1. The average molecular weight is 586 g/mol. The second-order valence-electron chi connectivity index (χ2n) is 10.2. The molecule has 42 heavy (non-hydrogen) atoms.